The minimum Gasteiger partial charge on any atom is -0.465 e. The molecule has 0 unspecified atom stereocenters. The van der Waals surface area contributed by atoms with Gasteiger partial charge in [-0.05, 0) is 26.4 Å². The van der Waals surface area contributed by atoms with Crippen molar-refractivity contribution < 1.29 is 9.90 Å². The Morgan fingerprint density at radius 2 is 2.00 bits per heavy atom. The van der Waals surface area contributed by atoms with Crippen LogP contribution in [0.2, 0.25) is 0 Å². The van der Waals surface area contributed by atoms with E-state index in [1.165, 1.54) is 0 Å². The molecule has 0 aliphatic rings. The van der Waals surface area contributed by atoms with Crippen molar-refractivity contribution in [1.82, 2.24) is 10.6 Å². The van der Waals surface area contributed by atoms with Gasteiger partial charge in [0.05, 0.1) is 0 Å². The van der Waals surface area contributed by atoms with E-state index in [1.807, 2.05) is 7.05 Å². The van der Waals surface area contributed by atoms with Gasteiger partial charge in [-0.3, -0.25) is 0 Å². The van der Waals surface area contributed by atoms with Gasteiger partial charge in [-0.2, -0.15) is 0 Å². The summed E-state index contributed by atoms with van der Waals surface area (Å²) < 4.78 is 0. The second-order valence-corrected chi connectivity index (χ2v) is 2.04. The third-order valence-electron chi connectivity index (χ3n) is 1.13. The highest BCUT2D eigenvalue weighted by molar-refractivity contribution is 5.64. The molecule has 0 saturated carbocycles. The lowest BCUT2D eigenvalue weighted by Gasteiger charge is -1.99. The minimum atomic E-state index is -0.940. The summed E-state index contributed by atoms with van der Waals surface area (Å²) in [5.41, 5.74) is 0. The molecular weight excluding hydrogens is 132 g/mol. The Morgan fingerprint density at radius 3 is 2.50 bits per heavy atom. The summed E-state index contributed by atoms with van der Waals surface area (Å²) in [5.74, 6) is 0. The van der Waals surface area contributed by atoms with Crippen LogP contribution in [-0.4, -0.2) is 31.3 Å². The van der Waals surface area contributed by atoms with E-state index in [0.717, 1.165) is 19.4 Å². The van der Waals surface area contributed by atoms with Crippen LogP contribution in [0.5, 0.6) is 0 Å². The van der Waals surface area contributed by atoms with Gasteiger partial charge in [0, 0.05) is 6.54 Å². The molecule has 0 heterocycles. The average molecular weight is 146 g/mol. The molecule has 0 aromatic carbocycles. The van der Waals surface area contributed by atoms with Crippen LogP contribution in [0.4, 0.5) is 4.79 Å². The SMILES string of the molecule is CNCCCCNC(=O)O. The summed E-state index contributed by atoms with van der Waals surface area (Å²) in [4.78, 5) is 9.91. The quantitative estimate of drug-likeness (QED) is 0.487. The third-order valence-corrected chi connectivity index (χ3v) is 1.13. The number of carbonyl (C=O) groups is 1. The Kier molecular flexibility index (Phi) is 5.86. The first-order valence-corrected chi connectivity index (χ1v) is 3.38. The second-order valence-electron chi connectivity index (χ2n) is 2.04. The van der Waals surface area contributed by atoms with Crippen LogP contribution in [0.1, 0.15) is 12.8 Å². The van der Waals surface area contributed by atoms with E-state index in [1.54, 1.807) is 0 Å². The Morgan fingerprint density at radius 1 is 1.40 bits per heavy atom. The first kappa shape index (κ1) is 9.23. The Labute approximate surface area is 60.6 Å². The van der Waals surface area contributed by atoms with Crippen LogP contribution in [0, 0.1) is 0 Å². The van der Waals surface area contributed by atoms with Crippen molar-refractivity contribution in [1.29, 1.82) is 0 Å². The van der Waals surface area contributed by atoms with E-state index in [4.69, 9.17) is 5.11 Å². The second kappa shape index (κ2) is 6.35. The highest BCUT2D eigenvalue weighted by Crippen LogP contribution is 1.82. The maximum atomic E-state index is 9.91. The molecular formula is C6H14N2O2. The van der Waals surface area contributed by atoms with Crippen molar-refractivity contribution in [2.45, 2.75) is 12.8 Å². The van der Waals surface area contributed by atoms with Crippen molar-refractivity contribution in [2.24, 2.45) is 0 Å². The maximum Gasteiger partial charge on any atom is 0.404 e. The minimum absolute atomic E-state index is 0.553. The molecule has 0 aromatic rings. The summed E-state index contributed by atoms with van der Waals surface area (Å²) in [6.45, 7) is 1.50. The van der Waals surface area contributed by atoms with Gasteiger partial charge >= 0.3 is 6.09 Å². The van der Waals surface area contributed by atoms with E-state index < -0.39 is 6.09 Å². The standard InChI is InChI=1S/C6H14N2O2/c1-7-4-2-3-5-8-6(9)10/h7-8H,2-5H2,1H3,(H,9,10). The molecule has 3 N–H and O–H groups in total. The van der Waals surface area contributed by atoms with Gasteiger partial charge in [0.2, 0.25) is 0 Å². The predicted molar refractivity (Wildman–Crippen MR) is 39.2 cm³/mol. The number of carboxylic acid groups (broad SMARTS) is 1. The van der Waals surface area contributed by atoms with Gasteiger partial charge in [-0.25, -0.2) is 4.79 Å². The van der Waals surface area contributed by atoms with Gasteiger partial charge in [0.15, 0.2) is 0 Å². The molecule has 0 atom stereocenters. The molecule has 0 radical (unpaired) electrons. The molecule has 4 heteroatoms. The van der Waals surface area contributed by atoms with Crippen molar-refractivity contribution in [2.75, 3.05) is 20.1 Å². The summed E-state index contributed by atoms with van der Waals surface area (Å²) in [5, 5.41) is 13.4. The molecule has 0 saturated heterocycles. The van der Waals surface area contributed by atoms with Gasteiger partial charge in [-0.1, -0.05) is 0 Å². The fourth-order valence-electron chi connectivity index (χ4n) is 0.622. The summed E-state index contributed by atoms with van der Waals surface area (Å²) >= 11 is 0. The number of hydrogen-bond acceptors (Lipinski definition) is 2. The van der Waals surface area contributed by atoms with Crippen molar-refractivity contribution in [3.63, 3.8) is 0 Å². The lowest BCUT2D eigenvalue weighted by Crippen LogP contribution is -2.22. The number of rotatable bonds is 5. The van der Waals surface area contributed by atoms with Gasteiger partial charge < -0.3 is 15.7 Å². The fraction of sp³-hybridized carbons (Fsp3) is 0.833. The van der Waals surface area contributed by atoms with Crippen molar-refractivity contribution >= 4 is 6.09 Å². The zero-order valence-electron chi connectivity index (χ0n) is 6.18. The zero-order chi connectivity index (χ0) is 7.82. The van der Waals surface area contributed by atoms with E-state index in [0.29, 0.717) is 6.54 Å². The summed E-state index contributed by atoms with van der Waals surface area (Å²) in [6.07, 6.45) is 0.966. The van der Waals surface area contributed by atoms with E-state index >= 15 is 0 Å². The van der Waals surface area contributed by atoms with Crippen LogP contribution in [-0.2, 0) is 0 Å². The molecule has 0 aliphatic heterocycles. The number of unbranched alkanes of at least 4 members (excludes halogenated alkanes) is 1. The highest BCUT2D eigenvalue weighted by atomic mass is 16.4. The maximum absolute atomic E-state index is 9.91. The van der Waals surface area contributed by atoms with Crippen LogP contribution < -0.4 is 10.6 Å². The third kappa shape index (κ3) is 7.23. The van der Waals surface area contributed by atoms with Crippen molar-refractivity contribution in [3.05, 3.63) is 0 Å². The largest absolute Gasteiger partial charge is 0.465 e. The topological polar surface area (TPSA) is 61.4 Å². The zero-order valence-corrected chi connectivity index (χ0v) is 6.18. The monoisotopic (exact) mass is 146 g/mol. The van der Waals surface area contributed by atoms with E-state index in [2.05, 4.69) is 10.6 Å². The average Bonchev–Trinajstić information content (AvgIpc) is 1.87. The van der Waals surface area contributed by atoms with Crippen LogP contribution in [0.15, 0.2) is 0 Å². The van der Waals surface area contributed by atoms with E-state index in [9.17, 15) is 4.79 Å². The lowest BCUT2D eigenvalue weighted by atomic mass is 10.3. The van der Waals surface area contributed by atoms with Crippen LogP contribution >= 0.6 is 0 Å². The molecule has 10 heavy (non-hydrogen) atoms. The first-order chi connectivity index (χ1) is 4.77. The molecule has 60 valence electrons. The predicted octanol–water partition coefficient (Wildman–Crippen LogP) is 0.254. The Bertz CT molecular complexity index is 95.7. The molecule has 0 rings (SSSR count). The Hall–Kier alpha value is -0.770. The van der Waals surface area contributed by atoms with E-state index in [-0.39, 0.29) is 0 Å². The van der Waals surface area contributed by atoms with Gasteiger partial charge in [-0.15, -0.1) is 0 Å². The molecule has 0 aliphatic carbocycles. The first-order valence-electron chi connectivity index (χ1n) is 3.38. The smallest absolute Gasteiger partial charge is 0.404 e. The highest BCUT2D eigenvalue weighted by Gasteiger charge is 1.91. The molecule has 0 spiro atoms. The summed E-state index contributed by atoms with van der Waals surface area (Å²) in [7, 11) is 1.88. The lowest BCUT2D eigenvalue weighted by molar-refractivity contribution is 0.194. The van der Waals surface area contributed by atoms with Crippen molar-refractivity contribution in [3.8, 4) is 0 Å². The number of amides is 1. The normalized spacial score (nSPS) is 9.30. The fourth-order valence-corrected chi connectivity index (χ4v) is 0.622. The van der Waals surface area contributed by atoms with Crippen LogP contribution in [0.25, 0.3) is 0 Å². The molecule has 1 amide bonds. The molecule has 0 bridgehead atoms. The van der Waals surface area contributed by atoms with Gasteiger partial charge in [0.1, 0.15) is 0 Å². The van der Waals surface area contributed by atoms with Gasteiger partial charge in [0.25, 0.3) is 0 Å². The molecule has 0 aromatic heterocycles. The molecule has 0 fully saturated rings. The Balaban J connectivity index is 2.84. The molecule has 4 nitrogen and oxygen atoms in total. The summed E-state index contributed by atoms with van der Waals surface area (Å²) in [6, 6.07) is 0. The number of nitrogens with one attached hydrogen (secondary N) is 2. The van der Waals surface area contributed by atoms with Crippen LogP contribution in [0.3, 0.4) is 0 Å². The number of hydrogen-bond donors (Lipinski definition) is 3.